The van der Waals surface area contributed by atoms with Crippen molar-refractivity contribution < 1.29 is 78.5 Å². The normalized spacial score (nSPS) is 11.5. The van der Waals surface area contributed by atoms with E-state index in [1.807, 2.05) is 0 Å². The van der Waals surface area contributed by atoms with Gasteiger partial charge in [-0.1, -0.05) is 27.7 Å². The van der Waals surface area contributed by atoms with E-state index in [1.165, 1.54) is 22.3 Å². The van der Waals surface area contributed by atoms with Gasteiger partial charge in [0.25, 0.3) is 0 Å². The second-order valence-electron chi connectivity index (χ2n) is 5.58. The number of alkyl halides is 6. The molecule has 0 fully saturated rings. The van der Waals surface area contributed by atoms with E-state index in [4.69, 9.17) is 25.9 Å². The van der Waals surface area contributed by atoms with Gasteiger partial charge in [0, 0.05) is 0 Å². The fourth-order valence-corrected chi connectivity index (χ4v) is 1.20. The van der Waals surface area contributed by atoms with Gasteiger partial charge in [-0.3, -0.25) is 0 Å². The molecule has 2 aromatic carbocycles. The van der Waals surface area contributed by atoms with Crippen LogP contribution in [0.5, 0.6) is 0 Å². The van der Waals surface area contributed by atoms with Crippen molar-refractivity contribution >= 4 is 20.2 Å². The Morgan fingerprint density at radius 3 is 0.935 bits per heavy atom. The van der Waals surface area contributed by atoms with Gasteiger partial charge >= 0.3 is 37.2 Å². The Morgan fingerprint density at radius 1 is 0.710 bits per heavy atom. The molecule has 0 heterocycles. The van der Waals surface area contributed by atoms with E-state index in [-0.39, 0.29) is 26.2 Å². The fraction of sp³-hybridized carbons (Fsp3) is 0.375. The standard InChI is InChI=1S/2C7H9.2CHF3O3S.Zr/c2*1-6-4-3-5-7(6)2;2*2-1(3,4)8(5,6)7;/h2*3-5H,1-2H3;2*(H,5,6,7);/q2*-1;;;+4/p-2. The molecule has 31 heavy (non-hydrogen) atoms. The molecular weight excluding hydrogens is 558 g/mol. The van der Waals surface area contributed by atoms with Crippen LogP contribution in [0, 0.1) is 27.7 Å². The molecule has 0 bridgehead atoms. The SMILES string of the molecule is Cc1ccc[c-]1C.Cc1ccc[c-]1C.O=S(=O)([O-])C(F)(F)F.O=S(=O)([O-])C(F)(F)F.[Zr+4]. The van der Waals surface area contributed by atoms with Gasteiger partial charge in [0.05, 0.1) is 0 Å². The fourth-order valence-electron chi connectivity index (χ4n) is 1.20. The minimum atomic E-state index is -6.09. The Morgan fingerprint density at radius 2 is 0.903 bits per heavy atom. The number of aryl methyl sites for hydroxylation is 4. The number of hydrogen-bond donors (Lipinski definition) is 0. The Kier molecular flexibility index (Phi) is 15.1. The van der Waals surface area contributed by atoms with Gasteiger partial charge in [-0.05, 0) is 0 Å². The molecule has 0 aliphatic rings. The molecule has 0 unspecified atom stereocenters. The molecule has 0 spiro atoms. The Hall–Kier alpha value is -1.02. The molecular formula is C16H18F6O6S2Zr. The summed E-state index contributed by atoms with van der Waals surface area (Å²) in [5.74, 6) is 0. The van der Waals surface area contributed by atoms with E-state index in [0.717, 1.165) is 0 Å². The molecule has 0 N–H and O–H groups in total. The molecule has 15 heteroatoms. The molecule has 0 aliphatic heterocycles. The summed E-state index contributed by atoms with van der Waals surface area (Å²) >= 11 is 0. The average Bonchev–Trinajstić information content (AvgIpc) is 3.06. The molecule has 176 valence electrons. The molecule has 2 aromatic rings. The van der Waals surface area contributed by atoms with Gasteiger partial charge in [-0.15, -0.1) is 0 Å². The molecule has 0 saturated heterocycles. The largest absolute Gasteiger partial charge is 4.00 e. The first-order chi connectivity index (χ1) is 13.1. The zero-order valence-electron chi connectivity index (χ0n) is 16.5. The topological polar surface area (TPSA) is 114 Å². The predicted molar refractivity (Wildman–Crippen MR) is 94.5 cm³/mol. The molecule has 0 aliphatic carbocycles. The summed E-state index contributed by atoms with van der Waals surface area (Å²) in [4.78, 5) is 0. The van der Waals surface area contributed by atoms with Crippen LogP contribution in [0.1, 0.15) is 22.3 Å². The van der Waals surface area contributed by atoms with Crippen molar-refractivity contribution in [1.82, 2.24) is 0 Å². The Labute approximate surface area is 195 Å². The van der Waals surface area contributed by atoms with Gasteiger partial charge in [0.2, 0.25) is 0 Å². The van der Waals surface area contributed by atoms with Crippen molar-refractivity contribution in [1.29, 1.82) is 0 Å². The summed E-state index contributed by atoms with van der Waals surface area (Å²) < 4.78 is 118. The summed E-state index contributed by atoms with van der Waals surface area (Å²) in [6, 6.07) is 12.6. The van der Waals surface area contributed by atoms with Gasteiger partial charge in [0.1, 0.15) is 0 Å². The third-order valence-corrected chi connectivity index (χ3v) is 4.33. The van der Waals surface area contributed by atoms with Crippen molar-refractivity contribution in [2.45, 2.75) is 38.7 Å². The minimum absolute atomic E-state index is 0. The summed E-state index contributed by atoms with van der Waals surface area (Å²) in [7, 11) is -12.2. The quantitative estimate of drug-likeness (QED) is 0.202. The van der Waals surface area contributed by atoms with Crippen molar-refractivity contribution in [2.24, 2.45) is 0 Å². The van der Waals surface area contributed by atoms with Crippen LogP contribution < -0.4 is 0 Å². The average molecular weight is 576 g/mol. The van der Waals surface area contributed by atoms with Gasteiger partial charge in [0.15, 0.2) is 20.2 Å². The predicted octanol–water partition coefficient (Wildman–Crippen LogP) is 4.14. The summed E-state index contributed by atoms with van der Waals surface area (Å²) in [5.41, 5.74) is -5.74. The van der Waals surface area contributed by atoms with E-state index >= 15 is 0 Å². The van der Waals surface area contributed by atoms with Crippen molar-refractivity contribution in [2.75, 3.05) is 0 Å². The maximum absolute atomic E-state index is 10.7. The number of halogens is 6. The first-order valence-corrected chi connectivity index (χ1v) is 10.3. The summed E-state index contributed by atoms with van der Waals surface area (Å²) in [6.45, 7) is 8.48. The molecule has 0 amide bonds. The molecule has 0 radical (unpaired) electrons. The van der Waals surface area contributed by atoms with Crippen LogP contribution in [0.3, 0.4) is 0 Å². The molecule has 0 saturated carbocycles. The Bertz CT molecular complexity index is 860. The summed E-state index contributed by atoms with van der Waals surface area (Å²) in [6.07, 6.45) is 0. The van der Waals surface area contributed by atoms with E-state index < -0.39 is 31.3 Å². The minimum Gasteiger partial charge on any atom is -0.741 e. The van der Waals surface area contributed by atoms with Crippen LogP contribution in [0.25, 0.3) is 0 Å². The monoisotopic (exact) mass is 574 g/mol. The van der Waals surface area contributed by atoms with Crippen molar-refractivity contribution in [3.05, 3.63) is 58.7 Å². The van der Waals surface area contributed by atoms with Crippen molar-refractivity contribution in [3.8, 4) is 0 Å². The zero-order valence-corrected chi connectivity index (χ0v) is 20.6. The first-order valence-electron chi connectivity index (χ1n) is 7.53. The Balaban J connectivity index is -0.000000334. The third-order valence-electron chi connectivity index (χ3n) is 3.20. The van der Waals surface area contributed by atoms with E-state index in [1.54, 1.807) is 0 Å². The first kappa shape index (κ1) is 34.6. The van der Waals surface area contributed by atoms with Crippen LogP contribution >= 0.6 is 0 Å². The van der Waals surface area contributed by atoms with Crippen LogP contribution in [0.15, 0.2) is 36.4 Å². The summed E-state index contributed by atoms with van der Waals surface area (Å²) in [5, 5.41) is 0. The molecule has 2 rings (SSSR count). The maximum atomic E-state index is 10.7. The second kappa shape index (κ2) is 13.5. The van der Waals surface area contributed by atoms with Gasteiger partial charge in [-0.25, -0.2) is 41.1 Å². The number of rotatable bonds is 0. The molecule has 6 nitrogen and oxygen atoms in total. The zero-order chi connectivity index (χ0) is 24.6. The van der Waals surface area contributed by atoms with E-state index in [9.17, 15) is 26.3 Å². The van der Waals surface area contributed by atoms with Crippen molar-refractivity contribution in [3.63, 3.8) is 0 Å². The van der Waals surface area contributed by atoms with Gasteiger partial charge in [-0.2, -0.15) is 60.7 Å². The maximum Gasteiger partial charge on any atom is 4.00 e. The van der Waals surface area contributed by atoms with Crippen LogP contribution in [-0.4, -0.2) is 37.0 Å². The van der Waals surface area contributed by atoms with Gasteiger partial charge < -0.3 is 9.11 Å². The second-order valence-corrected chi connectivity index (χ2v) is 8.33. The molecule has 0 aromatic heterocycles. The van der Waals surface area contributed by atoms with E-state index in [2.05, 4.69) is 64.1 Å². The van der Waals surface area contributed by atoms with Crippen LogP contribution in [0.2, 0.25) is 0 Å². The third kappa shape index (κ3) is 15.4. The van der Waals surface area contributed by atoms with Crippen LogP contribution in [0.4, 0.5) is 26.3 Å². The van der Waals surface area contributed by atoms with Crippen LogP contribution in [-0.2, 0) is 46.4 Å². The smallest absolute Gasteiger partial charge is 0.741 e. The van der Waals surface area contributed by atoms with E-state index in [0.29, 0.717) is 0 Å². The molecule has 0 atom stereocenters. The number of hydrogen-bond acceptors (Lipinski definition) is 6.